The third-order valence-electron chi connectivity index (χ3n) is 3.56. The van der Waals surface area contributed by atoms with E-state index in [1.807, 2.05) is 42.5 Å². The molecule has 1 radical (unpaired) electrons. The number of rotatable bonds is 3. The van der Waals surface area contributed by atoms with E-state index in [1.165, 1.54) is 10.9 Å². The third-order valence-corrected chi connectivity index (χ3v) is 3.56. The molecule has 135 valence electrons. The Bertz CT molecular complexity index is 767. The van der Waals surface area contributed by atoms with Gasteiger partial charge in [-0.2, -0.15) is 0 Å². The van der Waals surface area contributed by atoms with Gasteiger partial charge in [-0.15, -0.1) is 35.9 Å². The van der Waals surface area contributed by atoms with Crippen molar-refractivity contribution in [3.05, 3.63) is 66.2 Å². The largest absolute Gasteiger partial charge is 0.393 e. The van der Waals surface area contributed by atoms with Gasteiger partial charge < -0.3 is 10.2 Å². The second-order valence-electron chi connectivity index (χ2n) is 6.06. The molecule has 0 saturated carbocycles. The van der Waals surface area contributed by atoms with Crippen LogP contribution in [0.25, 0.3) is 22.2 Å². The molecular formula is C21H24IrNO2-. The second kappa shape index (κ2) is 10.4. The van der Waals surface area contributed by atoms with Crippen molar-refractivity contribution in [2.75, 3.05) is 0 Å². The van der Waals surface area contributed by atoms with Crippen LogP contribution in [0.5, 0.6) is 0 Å². The van der Waals surface area contributed by atoms with Crippen molar-refractivity contribution in [2.45, 2.75) is 39.4 Å². The van der Waals surface area contributed by atoms with E-state index >= 15 is 0 Å². The first-order chi connectivity index (χ1) is 11.5. The van der Waals surface area contributed by atoms with Crippen LogP contribution in [0, 0.1) is 13.0 Å². The van der Waals surface area contributed by atoms with Crippen molar-refractivity contribution in [3.63, 3.8) is 0 Å². The summed E-state index contributed by atoms with van der Waals surface area (Å²) in [6, 6.07) is 21.6. The Hall–Kier alpha value is -1.58. The van der Waals surface area contributed by atoms with Crippen molar-refractivity contribution in [1.29, 1.82) is 0 Å². The minimum atomic E-state index is -0.375. The van der Waals surface area contributed by atoms with E-state index in [9.17, 15) is 0 Å². The molecule has 0 spiro atoms. The number of nitrogens with zero attached hydrogens (tertiary/aromatic N) is 1. The molecule has 1 aromatic heterocycles. The smallest absolute Gasteiger partial charge is 0.0595 e. The maximum absolute atomic E-state index is 8.56. The molecular weight excluding hydrogens is 490 g/mol. The number of aryl methyl sites for hydroxylation is 1. The topological polar surface area (TPSA) is 53.4 Å². The first-order valence-corrected chi connectivity index (χ1v) is 8.17. The van der Waals surface area contributed by atoms with Crippen LogP contribution in [0.15, 0.2) is 54.6 Å². The van der Waals surface area contributed by atoms with Gasteiger partial charge in [0.15, 0.2) is 0 Å². The van der Waals surface area contributed by atoms with Crippen LogP contribution >= 0.6 is 0 Å². The van der Waals surface area contributed by atoms with Crippen molar-refractivity contribution in [3.8, 4) is 11.3 Å². The number of pyridine rings is 1. The summed E-state index contributed by atoms with van der Waals surface area (Å²) in [6.45, 7) is 5.41. The first kappa shape index (κ1) is 21.5. The quantitative estimate of drug-likeness (QED) is 0.517. The van der Waals surface area contributed by atoms with E-state index in [-0.39, 0.29) is 32.3 Å². The van der Waals surface area contributed by atoms with Gasteiger partial charge in [-0.3, -0.25) is 4.98 Å². The number of hydrogen-bond donors (Lipinski definition) is 2. The fourth-order valence-corrected chi connectivity index (χ4v) is 2.53. The molecule has 0 amide bonds. The summed E-state index contributed by atoms with van der Waals surface area (Å²) in [5.74, 6) is 0. The van der Waals surface area contributed by atoms with Gasteiger partial charge in [0, 0.05) is 20.1 Å². The molecule has 4 heteroatoms. The average Bonchev–Trinajstić information content (AvgIpc) is 2.54. The minimum Gasteiger partial charge on any atom is -0.393 e. The van der Waals surface area contributed by atoms with Crippen molar-refractivity contribution >= 4 is 10.9 Å². The first-order valence-electron chi connectivity index (χ1n) is 8.17. The van der Waals surface area contributed by atoms with E-state index in [2.05, 4.69) is 25.1 Å². The number of aliphatic hydroxyl groups excluding tert-OH is 2. The molecule has 0 fully saturated rings. The van der Waals surface area contributed by atoms with Gasteiger partial charge in [-0.1, -0.05) is 29.8 Å². The van der Waals surface area contributed by atoms with E-state index < -0.39 is 0 Å². The number of aromatic nitrogens is 1. The van der Waals surface area contributed by atoms with Crippen molar-refractivity contribution in [1.82, 2.24) is 4.98 Å². The Labute approximate surface area is 163 Å². The van der Waals surface area contributed by atoms with Gasteiger partial charge >= 0.3 is 0 Å². The number of aliphatic hydroxyl groups is 2. The number of para-hydroxylation sites is 1. The second-order valence-corrected chi connectivity index (χ2v) is 6.06. The molecule has 2 atom stereocenters. The van der Waals surface area contributed by atoms with Crippen LogP contribution in [0.2, 0.25) is 0 Å². The molecule has 0 aliphatic rings. The summed E-state index contributed by atoms with van der Waals surface area (Å²) in [7, 11) is 0. The molecule has 0 aliphatic heterocycles. The average molecular weight is 515 g/mol. The zero-order valence-corrected chi connectivity index (χ0v) is 17.1. The van der Waals surface area contributed by atoms with Crippen molar-refractivity contribution in [2.24, 2.45) is 0 Å². The molecule has 2 aromatic carbocycles. The van der Waals surface area contributed by atoms with Gasteiger partial charge in [0.25, 0.3) is 0 Å². The van der Waals surface area contributed by atoms with Crippen LogP contribution in [0.4, 0.5) is 0 Å². The molecule has 2 N–H and O–H groups in total. The summed E-state index contributed by atoms with van der Waals surface area (Å²) in [5.41, 5.74) is 4.29. The zero-order chi connectivity index (χ0) is 17.5. The third kappa shape index (κ3) is 6.68. The van der Waals surface area contributed by atoms with Gasteiger partial charge in [-0.25, -0.2) is 0 Å². The van der Waals surface area contributed by atoms with Gasteiger partial charge in [0.05, 0.1) is 17.7 Å². The number of hydrogen-bond acceptors (Lipinski definition) is 3. The van der Waals surface area contributed by atoms with E-state index in [4.69, 9.17) is 15.2 Å². The normalized spacial score (nSPS) is 12.5. The summed E-state index contributed by atoms with van der Waals surface area (Å²) in [4.78, 5) is 4.71. The van der Waals surface area contributed by atoms with E-state index in [1.54, 1.807) is 13.8 Å². The Morgan fingerprint density at radius 3 is 2.20 bits per heavy atom. The Kier molecular flexibility index (Phi) is 8.94. The van der Waals surface area contributed by atoms with Gasteiger partial charge in [0.1, 0.15) is 0 Å². The molecule has 25 heavy (non-hydrogen) atoms. The minimum absolute atomic E-state index is 0. The fourth-order valence-electron chi connectivity index (χ4n) is 2.53. The Morgan fingerprint density at radius 1 is 1.00 bits per heavy atom. The summed E-state index contributed by atoms with van der Waals surface area (Å²) in [6.07, 6.45) is -0.278. The molecule has 0 saturated heterocycles. The predicted molar refractivity (Wildman–Crippen MR) is 98.7 cm³/mol. The molecule has 2 unspecified atom stereocenters. The van der Waals surface area contributed by atoms with E-state index in [0.29, 0.717) is 6.42 Å². The Morgan fingerprint density at radius 2 is 1.64 bits per heavy atom. The van der Waals surface area contributed by atoms with Crippen LogP contribution in [-0.2, 0) is 20.1 Å². The summed E-state index contributed by atoms with van der Waals surface area (Å²) >= 11 is 0. The number of benzene rings is 2. The fraction of sp³-hybridized carbons (Fsp3) is 0.286. The molecule has 3 rings (SSSR count). The monoisotopic (exact) mass is 515 g/mol. The maximum atomic E-state index is 8.56. The van der Waals surface area contributed by atoms with Crippen molar-refractivity contribution < 1.29 is 30.3 Å². The SMILES string of the molecule is CC(O)CC(C)O.Cc1cc2ccccc2nc1-c1[c-]cccc1.[Ir]. The van der Waals surface area contributed by atoms with Crippen LogP contribution < -0.4 is 0 Å². The molecule has 0 bridgehead atoms. The molecule has 3 nitrogen and oxygen atoms in total. The van der Waals surface area contributed by atoms with Crippen LogP contribution in [-0.4, -0.2) is 27.4 Å². The summed E-state index contributed by atoms with van der Waals surface area (Å²) < 4.78 is 0. The van der Waals surface area contributed by atoms with E-state index in [0.717, 1.165) is 16.8 Å². The summed E-state index contributed by atoms with van der Waals surface area (Å²) in [5, 5.41) is 18.3. The predicted octanol–water partition coefficient (Wildman–Crippen LogP) is 4.15. The van der Waals surface area contributed by atoms with Crippen LogP contribution in [0.1, 0.15) is 25.8 Å². The van der Waals surface area contributed by atoms with Crippen LogP contribution in [0.3, 0.4) is 0 Å². The number of fused-ring (bicyclic) bond motifs is 1. The zero-order valence-electron chi connectivity index (χ0n) is 14.7. The Balaban J connectivity index is 0.000000339. The maximum Gasteiger partial charge on any atom is 0.0595 e. The molecule has 3 aromatic rings. The molecule has 1 heterocycles. The van der Waals surface area contributed by atoms with Gasteiger partial charge in [-0.05, 0) is 44.3 Å². The molecule has 0 aliphatic carbocycles. The standard InChI is InChI=1S/C16H12N.C5H12O2.Ir/c1-12-11-14-9-5-6-10-15(14)17-16(12)13-7-3-2-4-8-13;1-4(6)3-5(2)7;/h2-7,9-11H,1H3;4-7H,3H2,1-2H3;/q-1;;. The van der Waals surface area contributed by atoms with Gasteiger partial charge in [0.2, 0.25) is 0 Å².